The summed E-state index contributed by atoms with van der Waals surface area (Å²) in [5.74, 6) is 5.75. The topological polar surface area (TPSA) is 38.0 Å². The average molecular weight is 275 g/mol. The second kappa shape index (κ2) is 5.74. The maximum atomic E-state index is 6.19. The first-order chi connectivity index (χ1) is 9.04. The molecular formula is C16H19ClN2. The van der Waals surface area contributed by atoms with Gasteiger partial charge in [0.25, 0.3) is 0 Å². The van der Waals surface area contributed by atoms with Crippen LogP contribution in [0.3, 0.4) is 0 Å². The van der Waals surface area contributed by atoms with Gasteiger partial charge in [-0.3, -0.25) is 5.84 Å². The quantitative estimate of drug-likeness (QED) is 0.660. The molecule has 0 radical (unpaired) electrons. The van der Waals surface area contributed by atoms with E-state index in [0.29, 0.717) is 0 Å². The normalized spacial score (nSPS) is 12.5. The maximum absolute atomic E-state index is 6.19. The SMILES string of the molecule is Cc1ccc(C(NN)c2cccc(Cl)c2C)cc1C. The van der Waals surface area contributed by atoms with Crippen molar-refractivity contribution in [2.24, 2.45) is 5.84 Å². The fourth-order valence-electron chi connectivity index (χ4n) is 2.25. The van der Waals surface area contributed by atoms with Gasteiger partial charge in [0.2, 0.25) is 0 Å². The third-order valence-corrected chi connectivity index (χ3v) is 4.06. The molecule has 0 saturated heterocycles. The van der Waals surface area contributed by atoms with Gasteiger partial charge >= 0.3 is 0 Å². The van der Waals surface area contributed by atoms with Crippen LogP contribution in [0, 0.1) is 20.8 Å². The summed E-state index contributed by atoms with van der Waals surface area (Å²) in [6.45, 7) is 6.23. The van der Waals surface area contributed by atoms with Crippen molar-refractivity contribution in [3.63, 3.8) is 0 Å². The van der Waals surface area contributed by atoms with E-state index >= 15 is 0 Å². The lowest BCUT2D eigenvalue weighted by atomic mass is 9.93. The molecule has 0 aliphatic heterocycles. The number of aryl methyl sites for hydroxylation is 2. The minimum atomic E-state index is -0.0435. The number of hydrazine groups is 1. The minimum Gasteiger partial charge on any atom is -0.271 e. The van der Waals surface area contributed by atoms with E-state index in [-0.39, 0.29) is 6.04 Å². The Morgan fingerprint density at radius 2 is 1.79 bits per heavy atom. The maximum Gasteiger partial charge on any atom is 0.0713 e. The molecule has 0 fully saturated rings. The third kappa shape index (κ3) is 2.81. The van der Waals surface area contributed by atoms with Crippen molar-refractivity contribution in [1.29, 1.82) is 0 Å². The number of rotatable bonds is 3. The van der Waals surface area contributed by atoms with E-state index in [1.54, 1.807) is 0 Å². The highest BCUT2D eigenvalue weighted by molar-refractivity contribution is 6.31. The van der Waals surface area contributed by atoms with Crippen LogP contribution in [-0.4, -0.2) is 0 Å². The van der Waals surface area contributed by atoms with Gasteiger partial charge in [0, 0.05) is 5.02 Å². The molecule has 100 valence electrons. The van der Waals surface area contributed by atoms with Gasteiger partial charge in [-0.2, -0.15) is 0 Å². The average Bonchev–Trinajstić information content (AvgIpc) is 2.39. The summed E-state index contributed by atoms with van der Waals surface area (Å²) < 4.78 is 0. The summed E-state index contributed by atoms with van der Waals surface area (Å²) in [5.41, 5.74) is 8.75. The number of nitrogens with two attached hydrogens (primary N) is 1. The predicted molar refractivity (Wildman–Crippen MR) is 81.3 cm³/mol. The predicted octanol–water partition coefficient (Wildman–Crippen LogP) is 3.82. The van der Waals surface area contributed by atoms with Crippen LogP contribution >= 0.6 is 11.6 Å². The highest BCUT2D eigenvalue weighted by Gasteiger charge is 2.16. The zero-order valence-electron chi connectivity index (χ0n) is 11.5. The molecule has 19 heavy (non-hydrogen) atoms. The van der Waals surface area contributed by atoms with Gasteiger partial charge in [0.1, 0.15) is 0 Å². The number of nitrogens with one attached hydrogen (secondary N) is 1. The van der Waals surface area contributed by atoms with Gasteiger partial charge < -0.3 is 0 Å². The van der Waals surface area contributed by atoms with Crippen molar-refractivity contribution in [1.82, 2.24) is 5.43 Å². The molecule has 2 nitrogen and oxygen atoms in total. The molecule has 3 heteroatoms. The van der Waals surface area contributed by atoms with Crippen LogP contribution in [0.15, 0.2) is 36.4 Å². The van der Waals surface area contributed by atoms with Gasteiger partial charge in [-0.25, -0.2) is 5.43 Å². The number of hydrogen-bond acceptors (Lipinski definition) is 2. The Labute approximate surface area is 119 Å². The van der Waals surface area contributed by atoms with Gasteiger partial charge in [-0.1, -0.05) is 41.9 Å². The summed E-state index contributed by atoms with van der Waals surface area (Å²) >= 11 is 6.19. The van der Waals surface area contributed by atoms with Crippen molar-refractivity contribution in [3.8, 4) is 0 Å². The van der Waals surface area contributed by atoms with Crippen LogP contribution in [-0.2, 0) is 0 Å². The van der Waals surface area contributed by atoms with Crippen molar-refractivity contribution in [2.75, 3.05) is 0 Å². The second-order valence-corrected chi connectivity index (χ2v) is 5.30. The second-order valence-electron chi connectivity index (χ2n) is 4.90. The van der Waals surface area contributed by atoms with E-state index in [1.165, 1.54) is 11.1 Å². The summed E-state index contributed by atoms with van der Waals surface area (Å²) in [7, 11) is 0. The van der Waals surface area contributed by atoms with Gasteiger partial charge in [0.05, 0.1) is 6.04 Å². The molecule has 0 aliphatic carbocycles. The van der Waals surface area contributed by atoms with E-state index in [4.69, 9.17) is 17.4 Å². The van der Waals surface area contributed by atoms with Crippen LogP contribution in [0.4, 0.5) is 0 Å². The highest BCUT2D eigenvalue weighted by Crippen LogP contribution is 2.29. The standard InChI is InChI=1S/C16H19ClN2/c1-10-7-8-13(9-11(10)2)16(19-18)14-5-4-6-15(17)12(14)3/h4-9,16,19H,18H2,1-3H3. The molecule has 0 saturated carbocycles. The molecule has 1 unspecified atom stereocenters. The van der Waals surface area contributed by atoms with Crippen molar-refractivity contribution < 1.29 is 0 Å². The van der Waals surface area contributed by atoms with E-state index in [9.17, 15) is 0 Å². The monoisotopic (exact) mass is 274 g/mol. The van der Waals surface area contributed by atoms with E-state index < -0.39 is 0 Å². The lowest BCUT2D eigenvalue weighted by molar-refractivity contribution is 0.633. The zero-order chi connectivity index (χ0) is 14.0. The largest absolute Gasteiger partial charge is 0.271 e. The number of halogens is 1. The Morgan fingerprint density at radius 3 is 2.42 bits per heavy atom. The van der Waals surface area contributed by atoms with Crippen LogP contribution in [0.25, 0.3) is 0 Å². The summed E-state index contributed by atoms with van der Waals surface area (Å²) in [5, 5.41) is 0.765. The highest BCUT2D eigenvalue weighted by atomic mass is 35.5. The molecule has 0 aromatic heterocycles. The van der Waals surface area contributed by atoms with Gasteiger partial charge in [-0.05, 0) is 54.7 Å². The summed E-state index contributed by atoms with van der Waals surface area (Å²) in [6, 6.07) is 12.3. The number of benzene rings is 2. The molecule has 2 aromatic rings. The molecule has 0 heterocycles. The molecule has 0 aliphatic rings. The summed E-state index contributed by atoms with van der Waals surface area (Å²) in [4.78, 5) is 0. The molecule has 3 N–H and O–H groups in total. The van der Waals surface area contributed by atoms with E-state index in [2.05, 4.69) is 43.5 Å². The Kier molecular flexibility index (Phi) is 4.25. The molecule has 0 bridgehead atoms. The molecule has 0 amide bonds. The first-order valence-corrected chi connectivity index (χ1v) is 6.70. The Bertz CT molecular complexity index is 593. The van der Waals surface area contributed by atoms with Crippen molar-refractivity contribution in [3.05, 3.63) is 69.2 Å². The lowest BCUT2D eigenvalue weighted by Gasteiger charge is -2.20. The minimum absolute atomic E-state index is 0.0435. The lowest BCUT2D eigenvalue weighted by Crippen LogP contribution is -2.29. The molecule has 2 rings (SSSR count). The Morgan fingerprint density at radius 1 is 1.05 bits per heavy atom. The zero-order valence-corrected chi connectivity index (χ0v) is 12.3. The number of hydrogen-bond donors (Lipinski definition) is 2. The Balaban J connectivity index is 2.50. The molecule has 2 aromatic carbocycles. The van der Waals surface area contributed by atoms with E-state index in [0.717, 1.165) is 21.7 Å². The van der Waals surface area contributed by atoms with Crippen LogP contribution < -0.4 is 11.3 Å². The third-order valence-electron chi connectivity index (χ3n) is 3.65. The first kappa shape index (κ1) is 14.1. The van der Waals surface area contributed by atoms with Gasteiger partial charge in [-0.15, -0.1) is 0 Å². The van der Waals surface area contributed by atoms with Gasteiger partial charge in [0.15, 0.2) is 0 Å². The van der Waals surface area contributed by atoms with Crippen molar-refractivity contribution in [2.45, 2.75) is 26.8 Å². The molecule has 0 spiro atoms. The fourth-order valence-corrected chi connectivity index (χ4v) is 2.43. The first-order valence-electron chi connectivity index (χ1n) is 6.33. The van der Waals surface area contributed by atoms with Crippen LogP contribution in [0.1, 0.15) is 33.9 Å². The smallest absolute Gasteiger partial charge is 0.0713 e. The summed E-state index contributed by atoms with van der Waals surface area (Å²) in [6.07, 6.45) is 0. The fraction of sp³-hybridized carbons (Fsp3) is 0.250. The van der Waals surface area contributed by atoms with E-state index in [1.807, 2.05) is 19.1 Å². The molecule has 1 atom stereocenters. The van der Waals surface area contributed by atoms with Crippen molar-refractivity contribution >= 4 is 11.6 Å². The van der Waals surface area contributed by atoms with Crippen LogP contribution in [0.5, 0.6) is 0 Å². The Hall–Kier alpha value is -1.35. The van der Waals surface area contributed by atoms with Crippen LogP contribution in [0.2, 0.25) is 5.02 Å². The molecular weight excluding hydrogens is 256 g/mol.